The number of aromatic nitrogens is 2. The van der Waals surface area contributed by atoms with E-state index in [2.05, 4.69) is 31.7 Å². The molecule has 1 aromatic rings. The third-order valence-corrected chi connectivity index (χ3v) is 6.56. The summed E-state index contributed by atoms with van der Waals surface area (Å²) >= 11 is 0. The van der Waals surface area contributed by atoms with Gasteiger partial charge >= 0.3 is 6.03 Å². The molecule has 1 aromatic heterocycles. The zero-order valence-corrected chi connectivity index (χ0v) is 16.6. The van der Waals surface area contributed by atoms with Crippen molar-refractivity contribution in [2.45, 2.75) is 32.2 Å². The first-order valence-corrected chi connectivity index (χ1v) is 10.5. The number of rotatable bonds is 6. The standard InChI is InChI=1S/C20H34N6O/c1-23-9-11-24(12-10-23)16-20(4-5-20)15-22-19(27)26-7-2-3-18(14-26)13-25-8-6-21-17-25/h6,8,17-18H,2-5,7,9-16H2,1H3,(H,22,27). The summed E-state index contributed by atoms with van der Waals surface area (Å²) in [5.74, 6) is 0.527. The number of nitrogens with zero attached hydrogens (tertiary/aromatic N) is 5. The fourth-order valence-corrected chi connectivity index (χ4v) is 4.51. The Labute approximate surface area is 162 Å². The number of hydrogen-bond donors (Lipinski definition) is 1. The minimum absolute atomic E-state index is 0.134. The van der Waals surface area contributed by atoms with Crippen molar-refractivity contribution >= 4 is 6.03 Å². The first kappa shape index (κ1) is 18.7. The third kappa shape index (κ3) is 5.02. The van der Waals surface area contributed by atoms with Crippen molar-refractivity contribution in [3.8, 4) is 0 Å². The highest BCUT2D eigenvalue weighted by Gasteiger charge is 2.44. The van der Waals surface area contributed by atoms with E-state index < -0.39 is 0 Å². The lowest BCUT2D eigenvalue weighted by atomic mass is 9.98. The lowest BCUT2D eigenvalue weighted by molar-refractivity contribution is 0.127. The summed E-state index contributed by atoms with van der Waals surface area (Å²) in [7, 11) is 2.20. The average molecular weight is 375 g/mol. The van der Waals surface area contributed by atoms with Crippen molar-refractivity contribution in [2.75, 3.05) is 59.4 Å². The van der Waals surface area contributed by atoms with E-state index in [4.69, 9.17) is 0 Å². The van der Waals surface area contributed by atoms with Crippen molar-refractivity contribution < 1.29 is 4.79 Å². The number of amides is 2. The van der Waals surface area contributed by atoms with E-state index in [1.54, 1.807) is 0 Å². The Morgan fingerprint density at radius 3 is 2.74 bits per heavy atom. The largest absolute Gasteiger partial charge is 0.337 e. The minimum atomic E-state index is 0.134. The van der Waals surface area contributed by atoms with Gasteiger partial charge in [0.2, 0.25) is 0 Å². The molecule has 2 aliphatic heterocycles. The highest BCUT2D eigenvalue weighted by molar-refractivity contribution is 5.74. The summed E-state index contributed by atoms with van der Waals surface area (Å²) in [5.41, 5.74) is 0.331. The van der Waals surface area contributed by atoms with Crippen molar-refractivity contribution in [1.29, 1.82) is 0 Å². The second-order valence-electron chi connectivity index (χ2n) is 8.95. The number of carbonyl (C=O) groups excluding carboxylic acids is 1. The summed E-state index contributed by atoms with van der Waals surface area (Å²) in [4.78, 5) is 23.9. The van der Waals surface area contributed by atoms with Crippen LogP contribution in [0.3, 0.4) is 0 Å². The number of likely N-dealkylation sites (N-methyl/N-ethyl adjacent to an activating group) is 1. The Balaban J connectivity index is 1.21. The van der Waals surface area contributed by atoms with Crippen LogP contribution in [-0.4, -0.2) is 89.7 Å². The smallest absolute Gasteiger partial charge is 0.317 e. The van der Waals surface area contributed by atoms with Crippen LogP contribution in [-0.2, 0) is 6.54 Å². The van der Waals surface area contributed by atoms with E-state index in [1.165, 1.54) is 19.3 Å². The highest BCUT2D eigenvalue weighted by atomic mass is 16.2. The van der Waals surface area contributed by atoms with Crippen molar-refractivity contribution in [2.24, 2.45) is 11.3 Å². The molecule has 0 spiro atoms. The molecule has 0 bridgehead atoms. The Hall–Kier alpha value is -1.60. The quantitative estimate of drug-likeness (QED) is 0.816. The molecule has 7 nitrogen and oxygen atoms in total. The van der Waals surface area contributed by atoms with Gasteiger partial charge in [0.25, 0.3) is 0 Å². The Morgan fingerprint density at radius 1 is 1.22 bits per heavy atom. The molecular weight excluding hydrogens is 340 g/mol. The summed E-state index contributed by atoms with van der Waals surface area (Å²) in [6.45, 7) is 9.32. The second kappa shape index (κ2) is 8.19. The lowest BCUT2D eigenvalue weighted by Gasteiger charge is -2.36. The van der Waals surface area contributed by atoms with Crippen LogP contribution >= 0.6 is 0 Å². The van der Waals surface area contributed by atoms with Crippen LogP contribution in [0, 0.1) is 11.3 Å². The van der Waals surface area contributed by atoms with Crippen molar-refractivity contribution in [3.63, 3.8) is 0 Å². The maximum absolute atomic E-state index is 12.7. The van der Waals surface area contributed by atoms with Gasteiger partial charge < -0.3 is 24.6 Å². The topological polar surface area (TPSA) is 56.6 Å². The third-order valence-electron chi connectivity index (χ3n) is 6.56. The molecule has 1 aliphatic carbocycles. The predicted molar refractivity (Wildman–Crippen MR) is 106 cm³/mol. The van der Waals surface area contributed by atoms with E-state index >= 15 is 0 Å². The van der Waals surface area contributed by atoms with E-state index in [1.807, 2.05) is 23.6 Å². The van der Waals surface area contributed by atoms with Crippen LogP contribution in [0.5, 0.6) is 0 Å². The Kier molecular flexibility index (Phi) is 5.68. The zero-order chi connectivity index (χ0) is 18.7. The van der Waals surface area contributed by atoms with Crippen molar-refractivity contribution in [3.05, 3.63) is 18.7 Å². The first-order valence-electron chi connectivity index (χ1n) is 10.5. The predicted octanol–water partition coefficient (Wildman–Crippen LogP) is 1.33. The molecule has 3 fully saturated rings. The highest BCUT2D eigenvalue weighted by Crippen LogP contribution is 2.45. The summed E-state index contributed by atoms with van der Waals surface area (Å²) in [5, 5.41) is 3.26. The van der Waals surface area contributed by atoms with E-state index in [0.717, 1.165) is 65.3 Å². The van der Waals surface area contributed by atoms with Gasteiger partial charge in [0, 0.05) is 76.7 Å². The van der Waals surface area contributed by atoms with Crippen LogP contribution in [0.25, 0.3) is 0 Å². The van der Waals surface area contributed by atoms with E-state index in [9.17, 15) is 4.79 Å². The van der Waals surface area contributed by atoms with Crippen molar-refractivity contribution in [1.82, 2.24) is 29.6 Å². The molecule has 27 heavy (non-hydrogen) atoms. The van der Waals surface area contributed by atoms with Gasteiger partial charge in [-0.15, -0.1) is 0 Å². The Bertz CT molecular complexity index is 606. The molecule has 1 atom stereocenters. The van der Waals surface area contributed by atoms with Gasteiger partial charge in [0.15, 0.2) is 0 Å². The molecule has 2 saturated heterocycles. The van der Waals surface area contributed by atoms with Gasteiger partial charge in [-0.2, -0.15) is 0 Å². The summed E-state index contributed by atoms with van der Waals surface area (Å²) in [6.07, 6.45) is 10.5. The number of urea groups is 1. The summed E-state index contributed by atoms with van der Waals surface area (Å²) in [6, 6.07) is 0.134. The van der Waals surface area contributed by atoms with Gasteiger partial charge in [-0.05, 0) is 38.6 Å². The maximum atomic E-state index is 12.7. The van der Waals surface area contributed by atoms with Gasteiger partial charge in [-0.3, -0.25) is 0 Å². The second-order valence-corrected chi connectivity index (χ2v) is 8.95. The van der Waals surface area contributed by atoms with Crippen LogP contribution in [0.2, 0.25) is 0 Å². The zero-order valence-electron chi connectivity index (χ0n) is 16.6. The molecule has 0 aromatic carbocycles. The number of nitrogens with one attached hydrogen (secondary N) is 1. The number of hydrogen-bond acceptors (Lipinski definition) is 4. The molecule has 2 amide bonds. The normalized spacial score (nSPS) is 26.1. The SMILES string of the molecule is CN1CCN(CC2(CNC(=O)N3CCCC(Cn4ccnc4)C3)CC2)CC1. The molecule has 150 valence electrons. The molecule has 1 unspecified atom stereocenters. The molecule has 1 N–H and O–H groups in total. The molecule has 3 aliphatic rings. The Morgan fingerprint density at radius 2 is 2.04 bits per heavy atom. The van der Waals surface area contributed by atoms with Gasteiger partial charge in [-0.1, -0.05) is 0 Å². The van der Waals surface area contributed by atoms with Crippen LogP contribution in [0.1, 0.15) is 25.7 Å². The van der Waals surface area contributed by atoms with E-state index in [0.29, 0.717) is 11.3 Å². The van der Waals surface area contributed by atoms with Crippen LogP contribution in [0.15, 0.2) is 18.7 Å². The molecule has 7 heteroatoms. The van der Waals surface area contributed by atoms with Crippen LogP contribution < -0.4 is 5.32 Å². The fraction of sp³-hybridized carbons (Fsp3) is 0.800. The van der Waals surface area contributed by atoms with Gasteiger partial charge in [0.05, 0.1) is 6.33 Å². The van der Waals surface area contributed by atoms with Gasteiger partial charge in [-0.25, -0.2) is 9.78 Å². The van der Waals surface area contributed by atoms with Gasteiger partial charge in [0.1, 0.15) is 0 Å². The average Bonchev–Trinajstić information content (AvgIpc) is 3.25. The monoisotopic (exact) mass is 374 g/mol. The summed E-state index contributed by atoms with van der Waals surface area (Å²) < 4.78 is 2.13. The van der Waals surface area contributed by atoms with E-state index in [-0.39, 0.29) is 6.03 Å². The molecule has 0 radical (unpaired) electrons. The maximum Gasteiger partial charge on any atom is 0.317 e. The fourth-order valence-electron chi connectivity index (χ4n) is 4.51. The minimum Gasteiger partial charge on any atom is -0.337 e. The number of piperidine rings is 1. The van der Waals surface area contributed by atoms with Crippen LogP contribution in [0.4, 0.5) is 4.79 Å². The lowest BCUT2D eigenvalue weighted by Crippen LogP contribution is -2.50. The molecule has 1 saturated carbocycles. The number of carbonyl (C=O) groups is 1. The molecule has 4 rings (SSSR count). The first-order chi connectivity index (χ1) is 13.1. The number of imidazole rings is 1. The molecular formula is C20H34N6O. The molecule has 3 heterocycles. The number of piperazine rings is 1. The number of likely N-dealkylation sites (tertiary alicyclic amines) is 1.